The van der Waals surface area contributed by atoms with Crippen molar-refractivity contribution in [2.24, 2.45) is 0 Å². The predicted molar refractivity (Wildman–Crippen MR) is 100 cm³/mol. The van der Waals surface area contributed by atoms with Crippen molar-refractivity contribution in [3.63, 3.8) is 0 Å². The Morgan fingerprint density at radius 2 is 2.04 bits per heavy atom. The van der Waals surface area contributed by atoms with Crippen molar-refractivity contribution in [3.05, 3.63) is 40.9 Å². The van der Waals surface area contributed by atoms with Gasteiger partial charge in [-0.05, 0) is 20.0 Å². The van der Waals surface area contributed by atoms with E-state index >= 15 is 0 Å². The number of aryl methyl sites for hydroxylation is 1. The largest absolute Gasteiger partial charge is 0.360 e. The Kier molecular flexibility index (Phi) is 5.62. The molecule has 138 valence electrons. The lowest BCUT2D eigenvalue weighted by Gasteiger charge is -2.30. The van der Waals surface area contributed by atoms with Gasteiger partial charge in [-0.2, -0.15) is 4.98 Å². The molecule has 26 heavy (non-hydrogen) atoms. The van der Waals surface area contributed by atoms with E-state index in [0.717, 1.165) is 25.2 Å². The van der Waals surface area contributed by atoms with Gasteiger partial charge in [0.1, 0.15) is 17.0 Å². The molecule has 0 spiro atoms. The first-order valence-corrected chi connectivity index (χ1v) is 8.49. The average Bonchev–Trinajstić information content (AvgIpc) is 3.22. The fraction of sp³-hybridized carbons (Fsp3) is 0.353. The second kappa shape index (κ2) is 7.75. The highest BCUT2D eigenvalue weighted by Crippen LogP contribution is 2.37. The number of nitrogens with one attached hydrogen (secondary N) is 1. The minimum absolute atomic E-state index is 0. The molecule has 2 aromatic heterocycles. The van der Waals surface area contributed by atoms with Gasteiger partial charge in [0, 0.05) is 25.2 Å². The first-order chi connectivity index (χ1) is 12.1. The molecule has 7 nitrogen and oxygen atoms in total. The van der Waals surface area contributed by atoms with E-state index in [4.69, 9.17) is 20.6 Å². The number of hydrogen-bond donors (Lipinski definition) is 1. The summed E-state index contributed by atoms with van der Waals surface area (Å²) in [5, 5.41) is 12.3. The number of nitrogens with zero attached hydrogens (tertiary/aromatic N) is 4. The standard InChI is InChI=1S/C17H18ClN5O2.ClH/c1-10-14(15(21-24-10)11-5-3-4-6-12(11)18)17-20-16(22-25-17)13-9-19-7-8-23(13)2;/h3-6,13,19H,7-9H2,1-2H3;1H. The van der Waals surface area contributed by atoms with Crippen LogP contribution >= 0.6 is 24.0 Å². The number of halogens is 2. The first-order valence-electron chi connectivity index (χ1n) is 8.11. The first kappa shape index (κ1) is 18.8. The summed E-state index contributed by atoms with van der Waals surface area (Å²) in [6.07, 6.45) is 0. The van der Waals surface area contributed by atoms with Crippen LogP contribution in [0.4, 0.5) is 0 Å². The van der Waals surface area contributed by atoms with Crippen LogP contribution in [0.5, 0.6) is 0 Å². The van der Waals surface area contributed by atoms with Crippen LogP contribution in [0.3, 0.4) is 0 Å². The Morgan fingerprint density at radius 3 is 2.81 bits per heavy atom. The lowest BCUT2D eigenvalue weighted by atomic mass is 10.1. The van der Waals surface area contributed by atoms with Gasteiger partial charge in [-0.15, -0.1) is 12.4 Å². The molecule has 4 rings (SSSR count). The van der Waals surface area contributed by atoms with Gasteiger partial charge in [-0.25, -0.2) is 0 Å². The Labute approximate surface area is 162 Å². The van der Waals surface area contributed by atoms with Gasteiger partial charge < -0.3 is 14.4 Å². The Balaban J connectivity index is 0.00000196. The van der Waals surface area contributed by atoms with E-state index < -0.39 is 0 Å². The summed E-state index contributed by atoms with van der Waals surface area (Å²) in [7, 11) is 2.06. The van der Waals surface area contributed by atoms with E-state index in [1.165, 1.54) is 0 Å². The molecule has 0 aliphatic carbocycles. The zero-order valence-corrected chi connectivity index (χ0v) is 16.0. The zero-order valence-electron chi connectivity index (χ0n) is 14.4. The molecule has 1 N–H and O–H groups in total. The quantitative estimate of drug-likeness (QED) is 0.727. The molecule has 0 radical (unpaired) electrons. The van der Waals surface area contributed by atoms with E-state index in [-0.39, 0.29) is 18.4 Å². The van der Waals surface area contributed by atoms with Crippen LogP contribution in [0.2, 0.25) is 5.02 Å². The molecule has 0 amide bonds. The number of likely N-dealkylation sites (N-methyl/N-ethyl adjacent to an activating group) is 1. The highest BCUT2D eigenvalue weighted by molar-refractivity contribution is 6.33. The lowest BCUT2D eigenvalue weighted by Crippen LogP contribution is -2.44. The van der Waals surface area contributed by atoms with Crippen LogP contribution < -0.4 is 5.32 Å². The summed E-state index contributed by atoms with van der Waals surface area (Å²) in [6, 6.07) is 7.55. The molecule has 3 aromatic rings. The topological polar surface area (TPSA) is 80.2 Å². The van der Waals surface area contributed by atoms with Gasteiger partial charge in [0.2, 0.25) is 0 Å². The van der Waals surface area contributed by atoms with Crippen LogP contribution in [0.25, 0.3) is 22.7 Å². The van der Waals surface area contributed by atoms with Crippen molar-refractivity contribution < 1.29 is 9.05 Å². The summed E-state index contributed by atoms with van der Waals surface area (Å²) in [5.74, 6) is 1.65. The number of rotatable bonds is 3. The third kappa shape index (κ3) is 3.35. The molecule has 1 atom stereocenters. The Bertz CT molecular complexity index is 895. The van der Waals surface area contributed by atoms with Crippen LogP contribution in [0, 0.1) is 6.92 Å². The van der Waals surface area contributed by atoms with E-state index in [2.05, 4.69) is 32.6 Å². The highest BCUT2D eigenvalue weighted by atomic mass is 35.5. The lowest BCUT2D eigenvalue weighted by molar-refractivity contribution is 0.190. The van der Waals surface area contributed by atoms with Crippen molar-refractivity contribution >= 4 is 24.0 Å². The molecular weight excluding hydrogens is 377 g/mol. The molecular formula is C17H19Cl2N5O2. The number of hydrogen-bond acceptors (Lipinski definition) is 7. The fourth-order valence-electron chi connectivity index (χ4n) is 3.03. The summed E-state index contributed by atoms with van der Waals surface area (Å²) < 4.78 is 10.9. The molecule has 1 unspecified atom stereocenters. The van der Waals surface area contributed by atoms with Gasteiger partial charge in [-0.1, -0.05) is 40.1 Å². The number of aromatic nitrogens is 3. The van der Waals surface area contributed by atoms with E-state index in [1.807, 2.05) is 31.2 Å². The smallest absolute Gasteiger partial charge is 0.263 e. The van der Waals surface area contributed by atoms with Crippen LogP contribution in [-0.2, 0) is 0 Å². The monoisotopic (exact) mass is 395 g/mol. The van der Waals surface area contributed by atoms with Gasteiger partial charge in [0.15, 0.2) is 5.82 Å². The predicted octanol–water partition coefficient (Wildman–Crippen LogP) is 3.35. The molecule has 1 aliphatic heterocycles. The average molecular weight is 396 g/mol. The molecule has 1 saturated heterocycles. The summed E-state index contributed by atoms with van der Waals surface area (Å²) in [6.45, 7) is 4.50. The minimum atomic E-state index is 0. The van der Waals surface area contributed by atoms with Crippen LogP contribution in [0.1, 0.15) is 17.6 Å². The SMILES string of the molecule is Cc1onc(-c2ccccc2Cl)c1-c1nc(C2CNCCN2C)no1.Cl. The minimum Gasteiger partial charge on any atom is -0.360 e. The van der Waals surface area contributed by atoms with Gasteiger partial charge in [0.05, 0.1) is 11.1 Å². The van der Waals surface area contributed by atoms with Gasteiger partial charge >= 0.3 is 0 Å². The van der Waals surface area contributed by atoms with E-state index in [9.17, 15) is 0 Å². The summed E-state index contributed by atoms with van der Waals surface area (Å²) in [5.41, 5.74) is 2.05. The molecule has 1 aliphatic rings. The van der Waals surface area contributed by atoms with E-state index in [0.29, 0.717) is 33.8 Å². The van der Waals surface area contributed by atoms with Crippen molar-refractivity contribution in [3.8, 4) is 22.7 Å². The molecule has 9 heteroatoms. The molecule has 3 heterocycles. The third-order valence-electron chi connectivity index (χ3n) is 4.46. The van der Waals surface area contributed by atoms with Crippen molar-refractivity contribution in [1.82, 2.24) is 25.5 Å². The summed E-state index contributed by atoms with van der Waals surface area (Å²) >= 11 is 6.31. The number of piperazine rings is 1. The maximum atomic E-state index is 6.31. The van der Waals surface area contributed by atoms with Gasteiger partial charge in [-0.3, -0.25) is 4.90 Å². The van der Waals surface area contributed by atoms with E-state index in [1.54, 1.807) is 0 Å². The second-order valence-electron chi connectivity index (χ2n) is 6.10. The normalized spacial score (nSPS) is 17.9. The second-order valence-corrected chi connectivity index (χ2v) is 6.51. The maximum Gasteiger partial charge on any atom is 0.263 e. The van der Waals surface area contributed by atoms with Crippen molar-refractivity contribution in [2.45, 2.75) is 13.0 Å². The van der Waals surface area contributed by atoms with Crippen molar-refractivity contribution in [1.29, 1.82) is 0 Å². The highest BCUT2D eigenvalue weighted by Gasteiger charge is 2.28. The molecule has 0 bridgehead atoms. The number of benzene rings is 1. The molecule has 1 fully saturated rings. The summed E-state index contributed by atoms with van der Waals surface area (Å²) in [4.78, 5) is 6.81. The molecule has 0 saturated carbocycles. The Hall–Kier alpha value is -1.93. The molecule has 1 aromatic carbocycles. The Morgan fingerprint density at radius 1 is 1.23 bits per heavy atom. The maximum absolute atomic E-state index is 6.31. The zero-order chi connectivity index (χ0) is 17.4. The van der Waals surface area contributed by atoms with Crippen LogP contribution in [-0.4, -0.2) is 46.9 Å². The van der Waals surface area contributed by atoms with Crippen molar-refractivity contribution in [2.75, 3.05) is 26.7 Å². The fourth-order valence-corrected chi connectivity index (χ4v) is 3.25. The third-order valence-corrected chi connectivity index (χ3v) is 4.79. The van der Waals surface area contributed by atoms with Gasteiger partial charge in [0.25, 0.3) is 5.89 Å². The van der Waals surface area contributed by atoms with Crippen LogP contribution in [0.15, 0.2) is 33.3 Å².